The number of aromatic nitrogens is 1. The van der Waals surface area contributed by atoms with Crippen LogP contribution in [-0.4, -0.2) is 68.0 Å². The molecule has 1 aromatic rings. The molecule has 1 aromatic heterocycles. The van der Waals surface area contributed by atoms with Crippen LogP contribution in [0.1, 0.15) is 20.3 Å². The number of ether oxygens (including phenoxy) is 2. The number of amides is 2. The maximum Gasteiger partial charge on any atom is 0.322 e. The molecule has 2 amide bonds. The topological polar surface area (TPSA) is 66.9 Å². The van der Waals surface area contributed by atoms with Gasteiger partial charge in [0.25, 0.3) is 0 Å². The number of nitrogens with one attached hydrogen (secondary N) is 1. The van der Waals surface area contributed by atoms with E-state index in [1.165, 1.54) is 0 Å². The maximum atomic E-state index is 12.7. The fraction of sp³-hybridized carbons (Fsp3) is 0.667. The molecule has 1 atom stereocenters. The normalized spacial score (nSPS) is 21.5. The van der Waals surface area contributed by atoms with Gasteiger partial charge < -0.3 is 24.6 Å². The highest BCUT2D eigenvalue weighted by molar-refractivity contribution is 5.89. The molecule has 0 aliphatic carbocycles. The molecule has 7 nitrogen and oxygen atoms in total. The summed E-state index contributed by atoms with van der Waals surface area (Å²) in [5.41, 5.74) is 0.719. The van der Waals surface area contributed by atoms with Crippen LogP contribution in [-0.2, 0) is 9.47 Å². The Labute approximate surface area is 149 Å². The van der Waals surface area contributed by atoms with Gasteiger partial charge in [-0.2, -0.15) is 0 Å². The molecule has 25 heavy (non-hydrogen) atoms. The lowest BCUT2D eigenvalue weighted by atomic mass is 10.0. The van der Waals surface area contributed by atoms with Crippen LogP contribution in [0.3, 0.4) is 0 Å². The van der Waals surface area contributed by atoms with Crippen LogP contribution in [0.5, 0.6) is 0 Å². The quantitative estimate of drug-likeness (QED) is 0.903. The molecule has 2 saturated heterocycles. The second kappa shape index (κ2) is 8.49. The Morgan fingerprint density at radius 1 is 1.24 bits per heavy atom. The summed E-state index contributed by atoms with van der Waals surface area (Å²) in [6.07, 6.45) is 2.67. The summed E-state index contributed by atoms with van der Waals surface area (Å²) < 4.78 is 10.9. The zero-order valence-corrected chi connectivity index (χ0v) is 15.1. The Hall–Kier alpha value is -1.86. The summed E-state index contributed by atoms with van der Waals surface area (Å²) in [4.78, 5) is 21.2. The zero-order chi connectivity index (χ0) is 17.6. The molecule has 0 spiro atoms. The first-order valence-electron chi connectivity index (χ1n) is 9.07. The fourth-order valence-corrected chi connectivity index (χ4v) is 3.30. The van der Waals surface area contributed by atoms with Crippen LogP contribution in [0.4, 0.5) is 16.3 Å². The number of rotatable bonds is 4. The van der Waals surface area contributed by atoms with E-state index in [-0.39, 0.29) is 12.1 Å². The third-order valence-electron chi connectivity index (χ3n) is 4.57. The summed E-state index contributed by atoms with van der Waals surface area (Å²) in [5, 5.41) is 2.97. The molecule has 0 bridgehead atoms. The lowest BCUT2D eigenvalue weighted by Gasteiger charge is -2.36. The average Bonchev–Trinajstić information content (AvgIpc) is 2.63. The average molecular weight is 348 g/mol. The molecule has 0 aromatic carbocycles. The number of carbonyl (C=O) groups excluding carboxylic acids is 1. The number of hydrogen-bond acceptors (Lipinski definition) is 5. The minimum absolute atomic E-state index is 0.0742. The van der Waals surface area contributed by atoms with Crippen molar-refractivity contribution in [2.45, 2.75) is 26.3 Å². The van der Waals surface area contributed by atoms with Gasteiger partial charge in [0.1, 0.15) is 5.82 Å². The lowest BCUT2D eigenvalue weighted by molar-refractivity contribution is 0.00857. The molecule has 2 aliphatic heterocycles. The summed E-state index contributed by atoms with van der Waals surface area (Å²) in [5.74, 6) is 1.45. The highest BCUT2D eigenvalue weighted by Crippen LogP contribution is 2.19. The highest BCUT2D eigenvalue weighted by Gasteiger charge is 2.28. The molecule has 2 aliphatic rings. The molecule has 138 valence electrons. The molecule has 2 fully saturated rings. The van der Waals surface area contributed by atoms with Crippen LogP contribution in [0.15, 0.2) is 18.3 Å². The first kappa shape index (κ1) is 17.9. The Bertz CT molecular complexity index is 558. The number of nitrogens with zero attached hydrogens (tertiary/aromatic N) is 3. The van der Waals surface area contributed by atoms with Crippen molar-refractivity contribution in [3.8, 4) is 0 Å². The molecular weight excluding hydrogens is 320 g/mol. The van der Waals surface area contributed by atoms with Crippen molar-refractivity contribution in [1.29, 1.82) is 0 Å². The third kappa shape index (κ3) is 4.83. The SMILES string of the molecule is CC(C)C[C@@H]1COCCN1C(=O)Nc1ccc(N2CCOCC2)nc1. The smallest absolute Gasteiger partial charge is 0.322 e. The second-order valence-corrected chi connectivity index (χ2v) is 6.99. The van der Waals surface area contributed by atoms with Crippen molar-refractivity contribution in [2.24, 2.45) is 5.92 Å². The van der Waals surface area contributed by atoms with Crippen LogP contribution in [0.2, 0.25) is 0 Å². The number of hydrogen-bond donors (Lipinski definition) is 1. The van der Waals surface area contributed by atoms with Gasteiger partial charge >= 0.3 is 6.03 Å². The Balaban J connectivity index is 1.59. The summed E-state index contributed by atoms with van der Waals surface area (Å²) in [6.45, 7) is 9.33. The number of pyridine rings is 1. The van der Waals surface area contributed by atoms with Gasteiger partial charge in [0.05, 0.1) is 44.4 Å². The van der Waals surface area contributed by atoms with Crippen LogP contribution in [0, 0.1) is 5.92 Å². The first-order valence-corrected chi connectivity index (χ1v) is 9.07. The number of urea groups is 1. The monoisotopic (exact) mass is 348 g/mol. The molecule has 0 radical (unpaired) electrons. The van der Waals surface area contributed by atoms with Crippen molar-refractivity contribution in [3.05, 3.63) is 18.3 Å². The second-order valence-electron chi connectivity index (χ2n) is 6.99. The summed E-state index contributed by atoms with van der Waals surface area (Å²) >= 11 is 0. The van der Waals surface area contributed by atoms with Crippen molar-refractivity contribution < 1.29 is 14.3 Å². The lowest BCUT2D eigenvalue weighted by Crippen LogP contribution is -2.50. The summed E-state index contributed by atoms with van der Waals surface area (Å²) in [7, 11) is 0. The molecular formula is C18H28N4O3. The van der Waals surface area contributed by atoms with E-state index in [1.807, 2.05) is 17.0 Å². The first-order chi connectivity index (χ1) is 12.1. The molecule has 7 heteroatoms. The van der Waals surface area contributed by atoms with Gasteiger partial charge in [-0.3, -0.25) is 0 Å². The predicted molar refractivity (Wildman–Crippen MR) is 97.1 cm³/mol. The molecule has 1 N–H and O–H groups in total. The van der Waals surface area contributed by atoms with Crippen molar-refractivity contribution >= 4 is 17.5 Å². The van der Waals surface area contributed by atoms with Gasteiger partial charge in [-0.25, -0.2) is 9.78 Å². The van der Waals surface area contributed by atoms with Crippen LogP contribution < -0.4 is 10.2 Å². The standard InChI is InChI=1S/C18H28N4O3/c1-14(2)11-16-13-25-10-7-22(16)18(23)20-15-3-4-17(19-12-15)21-5-8-24-9-6-21/h3-4,12,14,16H,5-11,13H2,1-2H3,(H,20,23)/t16-/m1/s1. The van der Waals surface area contributed by atoms with E-state index in [0.717, 1.165) is 44.2 Å². The maximum absolute atomic E-state index is 12.7. The van der Waals surface area contributed by atoms with Crippen LogP contribution >= 0.6 is 0 Å². The van der Waals surface area contributed by atoms with Gasteiger partial charge in [-0.1, -0.05) is 13.8 Å². The number of anilines is 2. The fourth-order valence-electron chi connectivity index (χ4n) is 3.30. The van der Waals surface area contributed by atoms with Gasteiger partial charge in [-0.05, 0) is 24.5 Å². The summed E-state index contributed by atoms with van der Waals surface area (Å²) in [6, 6.07) is 3.92. The van der Waals surface area contributed by atoms with Gasteiger partial charge in [0.15, 0.2) is 0 Å². The Morgan fingerprint density at radius 2 is 2.00 bits per heavy atom. The molecule has 0 saturated carbocycles. The largest absolute Gasteiger partial charge is 0.378 e. The molecule has 3 rings (SSSR count). The van der Waals surface area contributed by atoms with Gasteiger partial charge in [0, 0.05) is 19.6 Å². The van der Waals surface area contributed by atoms with Gasteiger partial charge in [-0.15, -0.1) is 0 Å². The van der Waals surface area contributed by atoms with E-state index < -0.39 is 0 Å². The van der Waals surface area contributed by atoms with E-state index in [4.69, 9.17) is 9.47 Å². The highest BCUT2D eigenvalue weighted by atomic mass is 16.5. The number of morpholine rings is 2. The molecule has 3 heterocycles. The zero-order valence-electron chi connectivity index (χ0n) is 15.1. The Kier molecular flexibility index (Phi) is 6.09. The minimum Gasteiger partial charge on any atom is -0.378 e. The van der Waals surface area contributed by atoms with Crippen molar-refractivity contribution in [3.63, 3.8) is 0 Å². The number of carbonyl (C=O) groups is 1. The minimum atomic E-state index is -0.0742. The third-order valence-corrected chi connectivity index (χ3v) is 4.57. The van der Waals surface area contributed by atoms with E-state index >= 15 is 0 Å². The van der Waals surface area contributed by atoms with E-state index in [2.05, 4.69) is 29.0 Å². The van der Waals surface area contributed by atoms with Crippen molar-refractivity contribution in [2.75, 3.05) is 56.3 Å². The Morgan fingerprint density at radius 3 is 2.68 bits per heavy atom. The van der Waals surface area contributed by atoms with Crippen molar-refractivity contribution in [1.82, 2.24) is 9.88 Å². The van der Waals surface area contributed by atoms with E-state index in [9.17, 15) is 4.79 Å². The molecule has 0 unspecified atom stereocenters. The van der Waals surface area contributed by atoms with Gasteiger partial charge in [0.2, 0.25) is 0 Å². The van der Waals surface area contributed by atoms with E-state index in [0.29, 0.717) is 25.7 Å². The van der Waals surface area contributed by atoms with Crippen LogP contribution in [0.25, 0.3) is 0 Å². The van der Waals surface area contributed by atoms with E-state index in [1.54, 1.807) is 6.20 Å². The predicted octanol–water partition coefficient (Wildman–Crippen LogP) is 2.20.